The van der Waals surface area contributed by atoms with Gasteiger partial charge in [-0.05, 0) is 63.9 Å². The van der Waals surface area contributed by atoms with Crippen LogP contribution in [0.15, 0.2) is 102 Å². The number of hydrazone groups is 1. The van der Waals surface area contributed by atoms with E-state index < -0.39 is 36.3 Å². The molecular formula is C32H25F3N2O4. The number of nitrogens with zero attached hydrogens (tertiary/aromatic N) is 2. The zero-order chi connectivity index (χ0) is 29.0. The van der Waals surface area contributed by atoms with Crippen molar-refractivity contribution in [3.05, 3.63) is 119 Å². The minimum absolute atomic E-state index is 0.173. The molecule has 41 heavy (non-hydrogen) atoms. The lowest BCUT2D eigenvalue weighted by Crippen LogP contribution is -2.31. The molecule has 6 nitrogen and oxygen atoms in total. The number of fused-ring (bicyclic) bond motifs is 1. The van der Waals surface area contributed by atoms with Crippen molar-refractivity contribution in [2.75, 3.05) is 13.7 Å². The maximum atomic E-state index is 13.2. The molecule has 1 atom stereocenters. The van der Waals surface area contributed by atoms with Gasteiger partial charge in [0, 0.05) is 12.5 Å². The Morgan fingerprint density at radius 2 is 1.71 bits per heavy atom. The molecule has 0 radical (unpaired) electrons. The van der Waals surface area contributed by atoms with Crippen molar-refractivity contribution < 1.29 is 32.2 Å². The molecule has 0 saturated carbocycles. The smallest absolute Gasteiger partial charge is 0.416 e. The number of benzene rings is 4. The van der Waals surface area contributed by atoms with Crippen LogP contribution in [-0.4, -0.2) is 36.3 Å². The predicted octanol–water partition coefficient (Wildman–Crippen LogP) is 6.80. The Kier molecular flexibility index (Phi) is 7.87. The van der Waals surface area contributed by atoms with E-state index in [0.29, 0.717) is 17.9 Å². The van der Waals surface area contributed by atoms with Crippen LogP contribution >= 0.6 is 0 Å². The highest BCUT2D eigenvalue weighted by Crippen LogP contribution is 2.34. The third kappa shape index (κ3) is 6.46. The molecule has 4 aromatic rings. The first-order valence-electron chi connectivity index (χ1n) is 12.8. The van der Waals surface area contributed by atoms with Crippen LogP contribution in [0.4, 0.5) is 13.2 Å². The summed E-state index contributed by atoms with van der Waals surface area (Å²) in [5.41, 5.74) is 1.75. The number of amides is 1. The maximum Gasteiger partial charge on any atom is 0.416 e. The van der Waals surface area contributed by atoms with Crippen LogP contribution in [0.2, 0.25) is 0 Å². The van der Waals surface area contributed by atoms with Gasteiger partial charge in [0.25, 0.3) is 5.91 Å². The number of ether oxygens (including phenoxy) is 2. The fourth-order valence-corrected chi connectivity index (χ4v) is 4.60. The molecule has 1 aliphatic rings. The first-order valence-corrected chi connectivity index (χ1v) is 12.8. The van der Waals surface area contributed by atoms with E-state index in [0.717, 1.165) is 40.1 Å². The highest BCUT2D eigenvalue weighted by molar-refractivity contribution is 6.05. The Morgan fingerprint density at radius 3 is 2.44 bits per heavy atom. The van der Waals surface area contributed by atoms with Crippen LogP contribution in [0, 0.1) is 0 Å². The summed E-state index contributed by atoms with van der Waals surface area (Å²) in [6, 6.07) is 25.3. The third-order valence-corrected chi connectivity index (χ3v) is 6.71. The molecule has 0 fully saturated rings. The average molecular weight is 559 g/mol. The lowest BCUT2D eigenvalue weighted by atomic mass is 9.97. The molecule has 4 aromatic carbocycles. The van der Waals surface area contributed by atoms with Gasteiger partial charge in [-0.2, -0.15) is 18.3 Å². The fourth-order valence-electron chi connectivity index (χ4n) is 4.60. The van der Waals surface area contributed by atoms with Crippen LogP contribution in [0.5, 0.6) is 5.75 Å². The van der Waals surface area contributed by atoms with Crippen LogP contribution < -0.4 is 4.74 Å². The van der Waals surface area contributed by atoms with Crippen LogP contribution in [0.1, 0.15) is 34.7 Å². The van der Waals surface area contributed by atoms with Gasteiger partial charge in [-0.1, -0.05) is 60.7 Å². The predicted molar refractivity (Wildman–Crippen MR) is 149 cm³/mol. The van der Waals surface area contributed by atoms with E-state index in [4.69, 9.17) is 9.47 Å². The highest BCUT2D eigenvalue weighted by Gasteiger charge is 2.34. The number of carbonyl (C=O) groups is 2. The molecule has 0 spiro atoms. The van der Waals surface area contributed by atoms with E-state index in [-0.39, 0.29) is 5.56 Å². The van der Waals surface area contributed by atoms with E-state index in [9.17, 15) is 22.8 Å². The lowest BCUT2D eigenvalue weighted by Gasteiger charge is -2.22. The van der Waals surface area contributed by atoms with Crippen LogP contribution in [-0.2, 0) is 20.5 Å². The summed E-state index contributed by atoms with van der Waals surface area (Å²) in [6.45, 7) is -0.590. The molecule has 0 saturated heterocycles. The summed E-state index contributed by atoms with van der Waals surface area (Å²) >= 11 is 0. The summed E-state index contributed by atoms with van der Waals surface area (Å²) in [5, 5.41) is 8.06. The molecule has 208 valence electrons. The quantitative estimate of drug-likeness (QED) is 0.185. The first kappa shape index (κ1) is 27.6. The van der Waals surface area contributed by atoms with Crippen molar-refractivity contribution >= 4 is 34.4 Å². The number of rotatable bonds is 7. The fraction of sp³-hybridized carbons (Fsp3) is 0.156. The molecule has 1 aliphatic heterocycles. The third-order valence-electron chi connectivity index (χ3n) is 6.71. The van der Waals surface area contributed by atoms with Crippen molar-refractivity contribution in [1.29, 1.82) is 0 Å². The molecular weight excluding hydrogens is 533 g/mol. The zero-order valence-corrected chi connectivity index (χ0v) is 22.0. The minimum atomic E-state index is -4.50. The molecule has 1 amide bonds. The van der Waals surface area contributed by atoms with Gasteiger partial charge in [0.1, 0.15) is 5.75 Å². The molecule has 1 heterocycles. The number of hydrogen-bond donors (Lipinski definition) is 0. The molecule has 5 rings (SSSR count). The monoisotopic (exact) mass is 558 g/mol. The second-order valence-electron chi connectivity index (χ2n) is 9.40. The summed E-state index contributed by atoms with van der Waals surface area (Å²) < 4.78 is 49.2. The number of halogens is 3. The molecule has 0 N–H and O–H groups in total. The van der Waals surface area contributed by atoms with Gasteiger partial charge >= 0.3 is 12.1 Å². The largest absolute Gasteiger partial charge is 0.497 e. The Hall–Kier alpha value is -4.92. The van der Waals surface area contributed by atoms with Crippen molar-refractivity contribution in [3.63, 3.8) is 0 Å². The molecule has 0 aromatic heterocycles. The number of hydrogen-bond acceptors (Lipinski definition) is 5. The minimum Gasteiger partial charge on any atom is -0.497 e. The average Bonchev–Trinajstić information content (AvgIpc) is 3.44. The standard InChI is InChI=1S/C32H25F3N2O4/c1-40-27-14-12-23(13-15-27)29-19-28(25-11-10-22-6-2-3-7-24(22)18-25)36-37(29)30(38)20-41-31(39)16-9-21-5-4-8-26(17-21)32(33,34)35/h2-18,29H,19-20H2,1H3/b16-9+. The number of esters is 1. The van der Waals surface area contributed by atoms with Gasteiger partial charge in [-0.3, -0.25) is 4.79 Å². The molecule has 0 bridgehead atoms. The number of alkyl halides is 3. The Balaban J connectivity index is 1.33. The Bertz CT molecular complexity index is 1650. The second kappa shape index (κ2) is 11.7. The van der Waals surface area contributed by atoms with Gasteiger partial charge in [0.2, 0.25) is 0 Å². The van der Waals surface area contributed by atoms with E-state index in [1.165, 1.54) is 23.2 Å². The van der Waals surface area contributed by atoms with Crippen molar-refractivity contribution in [2.24, 2.45) is 5.10 Å². The topological polar surface area (TPSA) is 68.2 Å². The van der Waals surface area contributed by atoms with Gasteiger partial charge in [-0.15, -0.1) is 0 Å². The molecule has 1 unspecified atom stereocenters. The van der Waals surface area contributed by atoms with Crippen LogP contribution in [0.3, 0.4) is 0 Å². The van der Waals surface area contributed by atoms with Gasteiger partial charge in [0.05, 0.1) is 24.4 Å². The summed E-state index contributed by atoms with van der Waals surface area (Å²) in [4.78, 5) is 25.5. The van der Waals surface area contributed by atoms with Crippen molar-refractivity contribution in [1.82, 2.24) is 5.01 Å². The maximum absolute atomic E-state index is 13.2. The van der Waals surface area contributed by atoms with Crippen molar-refractivity contribution in [2.45, 2.75) is 18.6 Å². The molecule has 0 aliphatic carbocycles. The SMILES string of the molecule is COc1ccc(C2CC(c3ccc4ccccc4c3)=NN2C(=O)COC(=O)/C=C/c2cccc(C(F)(F)F)c2)cc1. The summed E-state index contributed by atoms with van der Waals surface area (Å²) in [6.07, 6.45) is -1.87. The van der Waals surface area contributed by atoms with Crippen LogP contribution in [0.25, 0.3) is 16.8 Å². The number of methoxy groups -OCH3 is 1. The Morgan fingerprint density at radius 1 is 0.951 bits per heavy atom. The summed E-state index contributed by atoms with van der Waals surface area (Å²) in [7, 11) is 1.57. The van der Waals surface area contributed by atoms with Crippen molar-refractivity contribution in [3.8, 4) is 5.75 Å². The van der Waals surface area contributed by atoms with Gasteiger partial charge < -0.3 is 9.47 Å². The van der Waals surface area contributed by atoms with Gasteiger partial charge in [0.15, 0.2) is 6.61 Å². The Labute approximate surface area is 234 Å². The molecule has 9 heteroatoms. The second-order valence-corrected chi connectivity index (χ2v) is 9.40. The van der Waals surface area contributed by atoms with E-state index in [2.05, 4.69) is 5.10 Å². The zero-order valence-electron chi connectivity index (χ0n) is 22.0. The van der Waals surface area contributed by atoms with Gasteiger partial charge in [-0.25, -0.2) is 9.80 Å². The first-order chi connectivity index (χ1) is 19.7. The lowest BCUT2D eigenvalue weighted by molar-refractivity contribution is -0.149. The van der Waals surface area contributed by atoms with E-state index in [1.807, 2.05) is 54.6 Å². The highest BCUT2D eigenvalue weighted by atomic mass is 19.4. The van der Waals surface area contributed by atoms with E-state index >= 15 is 0 Å². The number of carbonyl (C=O) groups excluding carboxylic acids is 2. The normalized spacial score (nSPS) is 15.3. The summed E-state index contributed by atoms with van der Waals surface area (Å²) in [5.74, 6) is -0.737. The van der Waals surface area contributed by atoms with E-state index in [1.54, 1.807) is 19.2 Å².